The molecule has 4 nitrogen and oxygen atoms in total. The van der Waals surface area contributed by atoms with Crippen molar-refractivity contribution in [2.45, 2.75) is 13.3 Å². The normalized spacial score (nSPS) is 9.75. The third-order valence-corrected chi connectivity index (χ3v) is 3.08. The minimum Gasteiger partial charge on any atom is -0.504 e. The zero-order chi connectivity index (χ0) is 14.7. The van der Waals surface area contributed by atoms with Gasteiger partial charge in [-0.1, -0.05) is 29.8 Å². The second kappa shape index (κ2) is 5.34. The number of hydrogen-bond donors (Lipinski definition) is 2. The number of phenols is 2. The highest BCUT2D eigenvalue weighted by atomic mass is 16.3. The molecule has 4 heteroatoms. The number of nitriles is 2. The summed E-state index contributed by atoms with van der Waals surface area (Å²) in [6.45, 7) is 1.95. The summed E-state index contributed by atoms with van der Waals surface area (Å²) in [7, 11) is 0. The van der Waals surface area contributed by atoms with E-state index in [1.807, 2.05) is 43.3 Å². The smallest absolute Gasteiger partial charge is 0.175 e. The predicted molar refractivity (Wildman–Crippen MR) is 73.2 cm³/mol. The van der Waals surface area contributed by atoms with Gasteiger partial charge in [0.1, 0.15) is 11.6 Å². The molecule has 2 N–H and O–H groups in total. The molecule has 0 amide bonds. The molecule has 0 heterocycles. The molecule has 2 rings (SSSR count). The van der Waals surface area contributed by atoms with Crippen molar-refractivity contribution in [1.82, 2.24) is 0 Å². The summed E-state index contributed by atoms with van der Waals surface area (Å²) in [5.74, 6) is -0.930. The average molecular weight is 264 g/mol. The van der Waals surface area contributed by atoms with Crippen LogP contribution in [-0.2, 0) is 6.42 Å². The third kappa shape index (κ3) is 2.41. The number of aromatic hydroxyl groups is 2. The van der Waals surface area contributed by atoms with Gasteiger partial charge < -0.3 is 10.2 Å². The van der Waals surface area contributed by atoms with Gasteiger partial charge in [-0.2, -0.15) is 10.5 Å². The highest BCUT2D eigenvalue weighted by Gasteiger charge is 2.17. The van der Waals surface area contributed by atoms with E-state index in [1.54, 1.807) is 0 Å². The number of rotatable bonds is 2. The maximum Gasteiger partial charge on any atom is 0.175 e. The molecule has 2 aromatic rings. The van der Waals surface area contributed by atoms with Crippen molar-refractivity contribution in [3.63, 3.8) is 0 Å². The van der Waals surface area contributed by atoms with Crippen LogP contribution in [-0.4, -0.2) is 10.2 Å². The molecular formula is C16H12N2O2. The summed E-state index contributed by atoms with van der Waals surface area (Å²) in [5.41, 5.74) is 2.57. The lowest BCUT2D eigenvalue weighted by Crippen LogP contribution is -1.98. The van der Waals surface area contributed by atoms with Gasteiger partial charge in [-0.15, -0.1) is 0 Å². The van der Waals surface area contributed by atoms with Gasteiger partial charge in [0, 0.05) is 12.5 Å². The van der Waals surface area contributed by atoms with Crippen molar-refractivity contribution in [2.75, 3.05) is 0 Å². The number of benzene rings is 2. The summed E-state index contributed by atoms with van der Waals surface area (Å²) in [6.07, 6.45) is 0.349. The maximum atomic E-state index is 9.75. The summed E-state index contributed by atoms with van der Waals surface area (Å²) >= 11 is 0. The van der Waals surface area contributed by atoms with Gasteiger partial charge in [0.15, 0.2) is 11.5 Å². The van der Waals surface area contributed by atoms with E-state index in [9.17, 15) is 10.2 Å². The minimum absolute atomic E-state index is 0.0527. The van der Waals surface area contributed by atoms with E-state index in [0.717, 1.165) is 11.1 Å². The molecule has 0 unspecified atom stereocenters. The monoisotopic (exact) mass is 264 g/mol. The zero-order valence-corrected chi connectivity index (χ0v) is 10.9. The summed E-state index contributed by atoms with van der Waals surface area (Å²) in [4.78, 5) is 0. The van der Waals surface area contributed by atoms with Crippen LogP contribution < -0.4 is 0 Å². The first kappa shape index (κ1) is 13.5. The fraction of sp³-hybridized carbons (Fsp3) is 0.125. The fourth-order valence-electron chi connectivity index (χ4n) is 2.13. The second-order valence-corrected chi connectivity index (χ2v) is 4.53. The largest absolute Gasteiger partial charge is 0.504 e. The standard InChI is InChI=1S/C16H12N2O2/c1-10-3-2-4-11(5-10)6-13-12(8-17)7-15(19)16(20)14(13)9-18/h2-5,7,19-20H,6H2,1H3. The molecule has 0 fully saturated rings. The highest BCUT2D eigenvalue weighted by molar-refractivity contribution is 5.62. The van der Waals surface area contributed by atoms with Crippen LogP contribution in [0.3, 0.4) is 0 Å². The van der Waals surface area contributed by atoms with Gasteiger partial charge in [-0.25, -0.2) is 0 Å². The van der Waals surface area contributed by atoms with Crippen LogP contribution in [0.1, 0.15) is 27.8 Å². The van der Waals surface area contributed by atoms with Gasteiger partial charge in [-0.3, -0.25) is 0 Å². The molecule has 0 spiro atoms. The SMILES string of the molecule is Cc1cccc(Cc2c(C#N)cc(O)c(O)c2C#N)c1. The number of hydrogen-bond acceptors (Lipinski definition) is 4. The predicted octanol–water partition coefficient (Wildman–Crippen LogP) is 2.74. The first-order chi connectivity index (χ1) is 9.56. The first-order valence-electron chi connectivity index (χ1n) is 6.00. The van der Waals surface area contributed by atoms with Crippen LogP contribution in [0.4, 0.5) is 0 Å². The molecule has 0 aliphatic carbocycles. The lowest BCUT2D eigenvalue weighted by atomic mass is 9.94. The Balaban J connectivity index is 2.59. The molecule has 0 aliphatic rings. The molecule has 0 radical (unpaired) electrons. The third-order valence-electron chi connectivity index (χ3n) is 3.08. The Bertz CT molecular complexity index is 752. The van der Waals surface area contributed by atoms with Crippen molar-refractivity contribution in [1.29, 1.82) is 10.5 Å². The minimum atomic E-state index is -0.478. The van der Waals surface area contributed by atoms with Gasteiger partial charge >= 0.3 is 0 Å². The summed E-state index contributed by atoms with van der Waals surface area (Å²) in [6, 6.07) is 12.7. The lowest BCUT2D eigenvalue weighted by Gasteiger charge is -2.10. The van der Waals surface area contributed by atoms with E-state index in [-0.39, 0.29) is 11.1 Å². The van der Waals surface area contributed by atoms with Crippen LogP contribution in [0.2, 0.25) is 0 Å². The van der Waals surface area contributed by atoms with Gasteiger partial charge in [0.2, 0.25) is 0 Å². The Labute approximate surface area is 116 Å². The molecule has 0 saturated carbocycles. The van der Waals surface area contributed by atoms with Gasteiger partial charge in [-0.05, 0) is 18.1 Å². The van der Waals surface area contributed by atoms with E-state index in [2.05, 4.69) is 0 Å². The molecular weight excluding hydrogens is 252 g/mol. The van der Waals surface area contributed by atoms with Crippen molar-refractivity contribution in [3.05, 3.63) is 58.1 Å². The molecule has 20 heavy (non-hydrogen) atoms. The fourth-order valence-corrected chi connectivity index (χ4v) is 2.13. The number of aryl methyl sites for hydroxylation is 1. The molecule has 0 saturated heterocycles. The quantitative estimate of drug-likeness (QED) is 0.816. The van der Waals surface area contributed by atoms with Crippen LogP contribution >= 0.6 is 0 Å². The maximum absolute atomic E-state index is 9.75. The average Bonchev–Trinajstić information content (AvgIpc) is 2.43. The summed E-state index contributed by atoms with van der Waals surface area (Å²) < 4.78 is 0. The van der Waals surface area contributed by atoms with Crippen molar-refractivity contribution in [3.8, 4) is 23.6 Å². The van der Waals surface area contributed by atoms with Crippen LogP contribution in [0, 0.1) is 29.6 Å². The molecule has 0 atom stereocenters. The summed E-state index contributed by atoms with van der Waals surface area (Å²) in [5, 5.41) is 37.6. The Morgan fingerprint density at radius 2 is 1.85 bits per heavy atom. The first-order valence-corrected chi connectivity index (χ1v) is 6.00. The van der Waals surface area contributed by atoms with E-state index >= 15 is 0 Å². The Hall–Kier alpha value is -2.98. The van der Waals surface area contributed by atoms with Crippen molar-refractivity contribution >= 4 is 0 Å². The molecule has 0 aliphatic heterocycles. The van der Waals surface area contributed by atoms with E-state index in [0.29, 0.717) is 12.0 Å². The van der Waals surface area contributed by atoms with E-state index < -0.39 is 11.5 Å². The Morgan fingerprint density at radius 3 is 2.45 bits per heavy atom. The topological polar surface area (TPSA) is 88.0 Å². The van der Waals surface area contributed by atoms with Crippen LogP contribution in [0.15, 0.2) is 30.3 Å². The lowest BCUT2D eigenvalue weighted by molar-refractivity contribution is 0.402. The number of phenolic OH excluding ortho intramolecular Hbond substituents is 2. The molecule has 0 bridgehead atoms. The van der Waals surface area contributed by atoms with Crippen molar-refractivity contribution < 1.29 is 10.2 Å². The Morgan fingerprint density at radius 1 is 1.10 bits per heavy atom. The van der Waals surface area contributed by atoms with Crippen LogP contribution in [0.5, 0.6) is 11.5 Å². The second-order valence-electron chi connectivity index (χ2n) is 4.53. The van der Waals surface area contributed by atoms with Crippen LogP contribution in [0.25, 0.3) is 0 Å². The van der Waals surface area contributed by atoms with E-state index in [4.69, 9.17) is 10.5 Å². The molecule has 2 aromatic carbocycles. The van der Waals surface area contributed by atoms with Gasteiger partial charge in [0.05, 0.1) is 11.6 Å². The highest BCUT2D eigenvalue weighted by Crippen LogP contribution is 2.34. The molecule has 98 valence electrons. The Kier molecular flexibility index (Phi) is 3.59. The van der Waals surface area contributed by atoms with Crippen molar-refractivity contribution in [2.24, 2.45) is 0 Å². The van der Waals surface area contributed by atoms with Gasteiger partial charge in [0.25, 0.3) is 0 Å². The number of nitrogens with zero attached hydrogens (tertiary/aromatic N) is 2. The zero-order valence-electron chi connectivity index (χ0n) is 10.9. The van der Waals surface area contributed by atoms with E-state index in [1.165, 1.54) is 6.07 Å². The molecule has 0 aromatic heterocycles.